The van der Waals surface area contributed by atoms with Crippen LogP contribution in [0.4, 0.5) is 0 Å². The van der Waals surface area contributed by atoms with Gasteiger partial charge >= 0.3 is 0 Å². The Kier molecular flexibility index (Phi) is 7.05. The second kappa shape index (κ2) is 7.58. The highest BCUT2D eigenvalue weighted by Crippen LogP contribution is 2.39. The lowest BCUT2D eigenvalue weighted by atomic mass is 9.78. The van der Waals surface area contributed by atoms with Crippen LogP contribution in [0, 0.1) is 11.3 Å². The molecule has 0 radical (unpaired) electrons. The molecule has 0 bridgehead atoms. The Labute approximate surface area is 138 Å². The van der Waals surface area contributed by atoms with E-state index in [0.717, 1.165) is 6.54 Å². The molecule has 1 rings (SSSR count). The first kappa shape index (κ1) is 17.7. The molecule has 1 nitrogen and oxygen atoms in total. The summed E-state index contributed by atoms with van der Waals surface area (Å²) in [5.74, 6) is 0.682. The Morgan fingerprint density at radius 2 is 1.95 bits per heavy atom. The van der Waals surface area contributed by atoms with Crippen LogP contribution < -0.4 is 5.32 Å². The van der Waals surface area contributed by atoms with Crippen molar-refractivity contribution in [1.82, 2.24) is 5.32 Å². The summed E-state index contributed by atoms with van der Waals surface area (Å²) in [5, 5.41) is 3.70. The molecule has 0 spiro atoms. The van der Waals surface area contributed by atoms with Crippen LogP contribution >= 0.6 is 43.2 Å². The SMILES string of the molecule is CCCNC(CC(C)C(C)(C)C)c1cc(Br)c(Br)s1. The average Bonchev–Trinajstić information content (AvgIpc) is 2.63. The number of halogens is 2. The van der Waals surface area contributed by atoms with Crippen LogP contribution in [-0.2, 0) is 0 Å². The molecule has 0 fully saturated rings. The number of thiophene rings is 1. The fourth-order valence-corrected chi connectivity index (χ4v) is 4.04. The lowest BCUT2D eigenvalue weighted by Crippen LogP contribution is -2.27. The number of rotatable bonds is 6. The first-order valence-electron chi connectivity index (χ1n) is 6.93. The van der Waals surface area contributed by atoms with Gasteiger partial charge < -0.3 is 5.32 Å². The van der Waals surface area contributed by atoms with Gasteiger partial charge in [-0.2, -0.15) is 0 Å². The highest BCUT2D eigenvalue weighted by Gasteiger charge is 2.25. The molecular weight excluding hydrogens is 386 g/mol. The zero-order valence-corrected chi connectivity index (χ0v) is 16.5. The molecule has 0 aliphatic carbocycles. The summed E-state index contributed by atoms with van der Waals surface area (Å²) in [6, 6.07) is 2.71. The van der Waals surface area contributed by atoms with Gasteiger partial charge in [-0.1, -0.05) is 34.6 Å². The quantitative estimate of drug-likeness (QED) is 0.572. The number of hydrogen-bond acceptors (Lipinski definition) is 2. The first-order chi connectivity index (χ1) is 8.75. The van der Waals surface area contributed by atoms with Crippen molar-refractivity contribution in [1.29, 1.82) is 0 Å². The molecule has 2 unspecified atom stereocenters. The van der Waals surface area contributed by atoms with E-state index in [1.54, 1.807) is 0 Å². The predicted molar refractivity (Wildman–Crippen MR) is 94.0 cm³/mol. The van der Waals surface area contributed by atoms with Crippen molar-refractivity contribution < 1.29 is 0 Å². The van der Waals surface area contributed by atoms with Gasteiger partial charge in [-0.3, -0.25) is 0 Å². The highest BCUT2D eigenvalue weighted by molar-refractivity contribution is 9.13. The lowest BCUT2D eigenvalue weighted by molar-refractivity contribution is 0.224. The van der Waals surface area contributed by atoms with E-state index >= 15 is 0 Å². The van der Waals surface area contributed by atoms with Gasteiger partial charge in [-0.05, 0) is 68.6 Å². The molecule has 0 amide bonds. The van der Waals surface area contributed by atoms with Crippen molar-refractivity contribution in [3.8, 4) is 0 Å². The summed E-state index contributed by atoms with van der Waals surface area (Å²) < 4.78 is 2.36. The maximum absolute atomic E-state index is 3.70. The van der Waals surface area contributed by atoms with Gasteiger partial charge in [0.15, 0.2) is 0 Å². The maximum atomic E-state index is 3.70. The van der Waals surface area contributed by atoms with Crippen molar-refractivity contribution in [2.45, 2.75) is 53.5 Å². The van der Waals surface area contributed by atoms with E-state index in [1.807, 2.05) is 11.3 Å². The Morgan fingerprint density at radius 1 is 1.32 bits per heavy atom. The minimum Gasteiger partial charge on any atom is -0.309 e. The minimum atomic E-state index is 0.359. The van der Waals surface area contributed by atoms with Gasteiger partial charge in [0.05, 0.1) is 3.79 Å². The predicted octanol–water partition coefficient (Wildman–Crippen LogP) is 6.39. The summed E-state index contributed by atoms with van der Waals surface area (Å²) in [6.45, 7) is 12.6. The molecular formula is C15H25Br2NS. The van der Waals surface area contributed by atoms with E-state index in [-0.39, 0.29) is 0 Å². The topological polar surface area (TPSA) is 12.0 Å². The Hall–Kier alpha value is 0.620. The zero-order chi connectivity index (χ0) is 14.6. The van der Waals surface area contributed by atoms with Crippen molar-refractivity contribution in [3.63, 3.8) is 0 Å². The van der Waals surface area contributed by atoms with Crippen LogP contribution in [0.5, 0.6) is 0 Å². The van der Waals surface area contributed by atoms with Gasteiger partial charge in [0.25, 0.3) is 0 Å². The minimum absolute atomic E-state index is 0.359. The molecule has 19 heavy (non-hydrogen) atoms. The summed E-state index contributed by atoms with van der Waals surface area (Å²) in [4.78, 5) is 1.42. The van der Waals surface area contributed by atoms with E-state index in [2.05, 4.69) is 77.9 Å². The van der Waals surface area contributed by atoms with Gasteiger partial charge in [-0.25, -0.2) is 0 Å². The molecule has 1 aromatic heterocycles. The van der Waals surface area contributed by atoms with E-state index in [1.165, 1.54) is 26.0 Å². The molecule has 1 N–H and O–H groups in total. The Morgan fingerprint density at radius 3 is 2.37 bits per heavy atom. The maximum Gasteiger partial charge on any atom is 0.0843 e. The van der Waals surface area contributed by atoms with E-state index in [4.69, 9.17) is 0 Å². The molecule has 4 heteroatoms. The van der Waals surface area contributed by atoms with Crippen molar-refractivity contribution in [3.05, 3.63) is 19.2 Å². The third-order valence-corrected chi connectivity index (χ3v) is 7.09. The molecule has 2 atom stereocenters. The molecule has 1 aromatic rings. The van der Waals surface area contributed by atoms with E-state index in [0.29, 0.717) is 17.4 Å². The summed E-state index contributed by atoms with van der Waals surface area (Å²) in [6.07, 6.45) is 2.36. The normalized spacial score (nSPS) is 15.5. The molecule has 0 aliphatic heterocycles. The van der Waals surface area contributed by atoms with Crippen molar-refractivity contribution >= 4 is 43.2 Å². The number of nitrogens with one attached hydrogen (secondary N) is 1. The molecule has 0 aliphatic rings. The van der Waals surface area contributed by atoms with Crippen LogP contribution in [0.1, 0.15) is 58.4 Å². The van der Waals surface area contributed by atoms with Crippen molar-refractivity contribution in [2.24, 2.45) is 11.3 Å². The smallest absolute Gasteiger partial charge is 0.0843 e. The molecule has 110 valence electrons. The van der Waals surface area contributed by atoms with Crippen molar-refractivity contribution in [2.75, 3.05) is 6.54 Å². The Bertz CT molecular complexity index is 376. The van der Waals surface area contributed by atoms with Crippen LogP contribution in [0.2, 0.25) is 0 Å². The van der Waals surface area contributed by atoms with Crippen LogP contribution in [0.3, 0.4) is 0 Å². The third-order valence-electron chi connectivity index (χ3n) is 3.72. The average molecular weight is 411 g/mol. The molecule has 0 saturated heterocycles. The van der Waals surface area contributed by atoms with Gasteiger partial charge in [0.2, 0.25) is 0 Å². The molecule has 1 heterocycles. The largest absolute Gasteiger partial charge is 0.309 e. The van der Waals surface area contributed by atoms with E-state index < -0.39 is 0 Å². The second-order valence-electron chi connectivity index (χ2n) is 6.28. The fourth-order valence-electron chi connectivity index (χ4n) is 1.86. The standard InChI is InChI=1S/C15H25Br2NS/c1-6-7-18-12(8-10(2)15(3,4)5)13-9-11(16)14(17)19-13/h9-10,12,18H,6-8H2,1-5H3. The second-order valence-corrected chi connectivity index (χ2v) is 9.54. The Balaban J connectivity index is 2.82. The summed E-state index contributed by atoms with van der Waals surface area (Å²) in [5.41, 5.74) is 0.359. The molecule has 0 saturated carbocycles. The first-order valence-corrected chi connectivity index (χ1v) is 9.34. The fraction of sp³-hybridized carbons (Fsp3) is 0.733. The van der Waals surface area contributed by atoms with Gasteiger partial charge in [-0.15, -0.1) is 11.3 Å². The zero-order valence-electron chi connectivity index (χ0n) is 12.5. The highest BCUT2D eigenvalue weighted by atomic mass is 79.9. The van der Waals surface area contributed by atoms with Gasteiger partial charge in [0.1, 0.15) is 0 Å². The van der Waals surface area contributed by atoms with Crippen LogP contribution in [0.15, 0.2) is 14.3 Å². The summed E-state index contributed by atoms with van der Waals surface area (Å²) in [7, 11) is 0. The lowest BCUT2D eigenvalue weighted by Gasteiger charge is -2.31. The summed E-state index contributed by atoms with van der Waals surface area (Å²) >= 11 is 9.03. The monoisotopic (exact) mass is 409 g/mol. The number of hydrogen-bond donors (Lipinski definition) is 1. The third kappa shape index (κ3) is 5.49. The van der Waals surface area contributed by atoms with Crippen LogP contribution in [0.25, 0.3) is 0 Å². The van der Waals surface area contributed by atoms with Gasteiger partial charge in [0, 0.05) is 15.4 Å². The van der Waals surface area contributed by atoms with E-state index in [9.17, 15) is 0 Å². The van der Waals surface area contributed by atoms with Crippen LogP contribution in [-0.4, -0.2) is 6.54 Å². The molecule has 0 aromatic carbocycles.